The van der Waals surface area contributed by atoms with Crippen LogP contribution in [0.25, 0.3) is 0 Å². The first kappa shape index (κ1) is 10.7. The zero-order chi connectivity index (χ0) is 9.90. The average molecular weight is 203 g/mol. The van der Waals surface area contributed by atoms with E-state index in [1.165, 1.54) is 6.26 Å². The number of nitrogens with one attached hydrogen (secondary N) is 1. The molecule has 0 aromatic heterocycles. The maximum Gasteiger partial charge on any atom is 0.151 e. The van der Waals surface area contributed by atoms with Crippen molar-refractivity contribution in [1.29, 1.82) is 0 Å². The Balaban J connectivity index is 2.59. The van der Waals surface area contributed by atoms with Gasteiger partial charge in [-0.05, 0) is 12.8 Å². The summed E-state index contributed by atoms with van der Waals surface area (Å²) < 4.78 is 22.7. The van der Waals surface area contributed by atoms with Gasteiger partial charge in [0.15, 0.2) is 9.84 Å². The molecule has 13 heavy (non-hydrogen) atoms. The molecule has 0 aliphatic heterocycles. The predicted molar refractivity (Wildman–Crippen MR) is 54.5 cm³/mol. The second kappa shape index (κ2) is 4.24. The normalized spacial score (nSPS) is 29.0. The molecule has 0 spiro atoms. The quantitative estimate of drug-likeness (QED) is 0.685. The minimum absolute atomic E-state index is 0.132. The van der Waals surface area contributed by atoms with Gasteiger partial charge in [0.05, 0.1) is 5.25 Å². The highest BCUT2D eigenvalue weighted by molar-refractivity contribution is 7.91. The molecular formula is C9H17NO2S. The molecular weight excluding hydrogens is 186 g/mol. The van der Waals surface area contributed by atoms with Crippen molar-refractivity contribution >= 4 is 9.84 Å². The SMILES string of the molecule is C=CCNC1CCCC1S(C)(=O)=O. The van der Waals surface area contributed by atoms with Gasteiger partial charge in [0.25, 0.3) is 0 Å². The molecule has 2 unspecified atom stereocenters. The van der Waals surface area contributed by atoms with Crippen LogP contribution in [0.1, 0.15) is 19.3 Å². The monoisotopic (exact) mass is 203 g/mol. The number of hydrogen-bond acceptors (Lipinski definition) is 3. The lowest BCUT2D eigenvalue weighted by Crippen LogP contribution is -2.39. The molecule has 0 aromatic carbocycles. The van der Waals surface area contributed by atoms with Crippen LogP contribution in [0.2, 0.25) is 0 Å². The Morgan fingerprint density at radius 3 is 2.77 bits per heavy atom. The summed E-state index contributed by atoms with van der Waals surface area (Å²) >= 11 is 0. The Kier molecular flexibility index (Phi) is 3.50. The van der Waals surface area contributed by atoms with Gasteiger partial charge in [0.1, 0.15) is 0 Å². The molecule has 0 radical (unpaired) electrons. The molecule has 1 saturated carbocycles. The van der Waals surface area contributed by atoms with Gasteiger partial charge in [-0.2, -0.15) is 0 Å². The zero-order valence-corrected chi connectivity index (χ0v) is 8.81. The summed E-state index contributed by atoms with van der Waals surface area (Å²) in [7, 11) is -2.88. The van der Waals surface area contributed by atoms with Crippen LogP contribution in [0.4, 0.5) is 0 Å². The lowest BCUT2D eigenvalue weighted by molar-refractivity contribution is 0.529. The number of sulfone groups is 1. The van der Waals surface area contributed by atoms with E-state index in [1.54, 1.807) is 6.08 Å². The third-order valence-corrected chi connectivity index (χ3v) is 4.19. The molecule has 2 atom stereocenters. The minimum atomic E-state index is -2.88. The Morgan fingerprint density at radius 2 is 2.23 bits per heavy atom. The van der Waals surface area contributed by atoms with Gasteiger partial charge < -0.3 is 5.32 Å². The molecule has 4 heteroatoms. The fourth-order valence-corrected chi connectivity index (χ4v) is 3.33. The molecule has 76 valence electrons. The van der Waals surface area contributed by atoms with Crippen LogP contribution < -0.4 is 5.32 Å². The number of rotatable bonds is 4. The maximum absolute atomic E-state index is 11.3. The first-order chi connectivity index (χ1) is 6.05. The second-order valence-corrected chi connectivity index (χ2v) is 5.87. The Morgan fingerprint density at radius 1 is 1.54 bits per heavy atom. The van der Waals surface area contributed by atoms with Crippen LogP contribution in [-0.2, 0) is 9.84 Å². The molecule has 0 amide bonds. The highest BCUT2D eigenvalue weighted by atomic mass is 32.2. The van der Waals surface area contributed by atoms with Crippen molar-refractivity contribution in [3.8, 4) is 0 Å². The van der Waals surface area contributed by atoms with Crippen LogP contribution in [0, 0.1) is 0 Å². The lowest BCUT2D eigenvalue weighted by Gasteiger charge is -2.18. The van der Waals surface area contributed by atoms with Crippen LogP contribution in [0.5, 0.6) is 0 Å². The van der Waals surface area contributed by atoms with E-state index < -0.39 is 9.84 Å². The van der Waals surface area contributed by atoms with Gasteiger partial charge in [-0.1, -0.05) is 12.5 Å². The molecule has 0 aromatic rings. The van der Waals surface area contributed by atoms with Gasteiger partial charge in [0, 0.05) is 18.8 Å². The summed E-state index contributed by atoms with van der Waals surface area (Å²) in [6, 6.07) is 0.132. The molecule has 0 heterocycles. The molecule has 1 rings (SSSR count). The average Bonchev–Trinajstić information content (AvgIpc) is 2.47. The van der Waals surface area contributed by atoms with E-state index in [-0.39, 0.29) is 11.3 Å². The summed E-state index contributed by atoms with van der Waals surface area (Å²) in [6.45, 7) is 4.29. The third kappa shape index (κ3) is 2.81. The van der Waals surface area contributed by atoms with E-state index in [0.717, 1.165) is 19.3 Å². The second-order valence-electron chi connectivity index (χ2n) is 3.60. The summed E-state index contributed by atoms with van der Waals surface area (Å²) in [5.41, 5.74) is 0. The topological polar surface area (TPSA) is 46.2 Å². The summed E-state index contributed by atoms with van der Waals surface area (Å²) in [6.07, 6.45) is 5.86. The van der Waals surface area contributed by atoms with E-state index >= 15 is 0 Å². The molecule has 1 fully saturated rings. The molecule has 3 nitrogen and oxygen atoms in total. The molecule has 0 bridgehead atoms. The molecule has 0 saturated heterocycles. The Hall–Kier alpha value is -0.350. The predicted octanol–water partition coefficient (Wildman–Crippen LogP) is 0.728. The standard InChI is InChI=1S/C9H17NO2S/c1-3-7-10-8-5-4-6-9(8)13(2,11)12/h3,8-10H,1,4-7H2,2H3. The lowest BCUT2D eigenvalue weighted by atomic mass is 10.2. The summed E-state index contributed by atoms with van der Waals surface area (Å²) in [5.74, 6) is 0. The maximum atomic E-state index is 11.3. The molecule has 1 aliphatic carbocycles. The molecule has 1 aliphatic rings. The Labute approximate surface area is 80.1 Å². The van der Waals surface area contributed by atoms with Crippen molar-refractivity contribution < 1.29 is 8.42 Å². The van der Waals surface area contributed by atoms with Gasteiger partial charge in [-0.25, -0.2) is 8.42 Å². The summed E-state index contributed by atoms with van der Waals surface area (Å²) in [5, 5.41) is 3.00. The fraction of sp³-hybridized carbons (Fsp3) is 0.778. The van der Waals surface area contributed by atoms with E-state index in [4.69, 9.17) is 0 Å². The van der Waals surface area contributed by atoms with Crippen LogP contribution in [0.3, 0.4) is 0 Å². The Bertz CT molecular complexity index is 271. The van der Waals surface area contributed by atoms with Crippen LogP contribution in [0.15, 0.2) is 12.7 Å². The molecule has 1 N–H and O–H groups in total. The number of hydrogen-bond donors (Lipinski definition) is 1. The van der Waals surface area contributed by atoms with E-state index in [0.29, 0.717) is 6.54 Å². The third-order valence-electron chi connectivity index (χ3n) is 2.53. The minimum Gasteiger partial charge on any atom is -0.309 e. The van der Waals surface area contributed by atoms with Gasteiger partial charge in [0.2, 0.25) is 0 Å². The van der Waals surface area contributed by atoms with Crippen LogP contribution >= 0.6 is 0 Å². The van der Waals surface area contributed by atoms with E-state index in [9.17, 15) is 8.42 Å². The van der Waals surface area contributed by atoms with E-state index in [1.807, 2.05) is 0 Å². The van der Waals surface area contributed by atoms with Crippen molar-refractivity contribution in [3.63, 3.8) is 0 Å². The summed E-state index contributed by atoms with van der Waals surface area (Å²) in [4.78, 5) is 0. The van der Waals surface area contributed by atoms with Crippen molar-refractivity contribution in [1.82, 2.24) is 5.32 Å². The first-order valence-electron chi connectivity index (χ1n) is 4.59. The first-order valence-corrected chi connectivity index (χ1v) is 6.54. The van der Waals surface area contributed by atoms with Gasteiger partial charge in [-0.15, -0.1) is 6.58 Å². The van der Waals surface area contributed by atoms with E-state index in [2.05, 4.69) is 11.9 Å². The fourth-order valence-electron chi connectivity index (χ4n) is 1.91. The smallest absolute Gasteiger partial charge is 0.151 e. The highest BCUT2D eigenvalue weighted by Crippen LogP contribution is 2.24. The largest absolute Gasteiger partial charge is 0.309 e. The zero-order valence-electron chi connectivity index (χ0n) is 7.99. The highest BCUT2D eigenvalue weighted by Gasteiger charge is 2.33. The van der Waals surface area contributed by atoms with Gasteiger partial charge >= 0.3 is 0 Å². The van der Waals surface area contributed by atoms with Gasteiger partial charge in [-0.3, -0.25) is 0 Å². The van der Waals surface area contributed by atoms with Crippen molar-refractivity contribution in [2.24, 2.45) is 0 Å². The van der Waals surface area contributed by atoms with Crippen LogP contribution in [-0.4, -0.2) is 32.5 Å². The van der Waals surface area contributed by atoms with Crippen molar-refractivity contribution in [3.05, 3.63) is 12.7 Å². The van der Waals surface area contributed by atoms with Crippen molar-refractivity contribution in [2.75, 3.05) is 12.8 Å². The van der Waals surface area contributed by atoms with Crippen molar-refractivity contribution in [2.45, 2.75) is 30.6 Å².